The molecule has 0 fully saturated rings. The van der Waals surface area contributed by atoms with Crippen LogP contribution in [0.2, 0.25) is 0 Å². The fourth-order valence-corrected chi connectivity index (χ4v) is 6.35. The van der Waals surface area contributed by atoms with Gasteiger partial charge in [0.05, 0.1) is 45.4 Å². The number of amides is 2. The molecule has 4 aromatic carbocycles. The third-order valence-corrected chi connectivity index (χ3v) is 9.06. The van der Waals surface area contributed by atoms with E-state index in [0.29, 0.717) is 34.5 Å². The van der Waals surface area contributed by atoms with Crippen LogP contribution < -0.4 is 19.5 Å². The zero-order chi connectivity index (χ0) is 34.3. The molecule has 12 heteroatoms. The quantitative estimate of drug-likeness (QED) is 0.160. The molecule has 1 aliphatic heterocycles. The van der Waals surface area contributed by atoms with E-state index in [1.54, 1.807) is 30.3 Å². The van der Waals surface area contributed by atoms with Crippen LogP contribution in [-0.4, -0.2) is 64.4 Å². The van der Waals surface area contributed by atoms with E-state index >= 15 is 0 Å². The van der Waals surface area contributed by atoms with Crippen LogP contribution >= 0.6 is 11.8 Å². The number of para-hydroxylation sites is 1. The molecule has 2 heterocycles. The van der Waals surface area contributed by atoms with Crippen LogP contribution in [-0.2, 0) is 11.3 Å². The Hall–Kier alpha value is -5.62. The van der Waals surface area contributed by atoms with E-state index in [1.807, 2.05) is 78.2 Å². The first-order valence-electron chi connectivity index (χ1n) is 15.6. The van der Waals surface area contributed by atoms with Gasteiger partial charge in [0.25, 0.3) is 11.8 Å². The zero-order valence-electron chi connectivity index (χ0n) is 27.6. The van der Waals surface area contributed by atoms with Crippen LogP contribution in [0.25, 0.3) is 5.69 Å². The van der Waals surface area contributed by atoms with Crippen molar-refractivity contribution in [1.82, 2.24) is 25.1 Å². The molecule has 1 aromatic heterocycles. The minimum atomic E-state index is -0.311. The Morgan fingerprint density at radius 1 is 0.857 bits per heavy atom. The summed E-state index contributed by atoms with van der Waals surface area (Å²) in [4.78, 5) is 27.0. The number of carbonyl (C=O) groups excluding carboxylic acids is 2. The van der Waals surface area contributed by atoms with E-state index in [1.165, 1.54) is 26.0 Å². The lowest BCUT2D eigenvalue weighted by atomic mass is 9.97. The van der Waals surface area contributed by atoms with Gasteiger partial charge in [-0.25, -0.2) is 5.01 Å². The molecule has 0 radical (unpaired) electrons. The van der Waals surface area contributed by atoms with Gasteiger partial charge in [0.2, 0.25) is 0 Å². The van der Waals surface area contributed by atoms with Gasteiger partial charge in [-0.05, 0) is 72.6 Å². The topological polar surface area (TPSA) is 120 Å². The molecule has 250 valence electrons. The highest BCUT2D eigenvalue weighted by molar-refractivity contribution is 7.99. The summed E-state index contributed by atoms with van der Waals surface area (Å²) >= 11 is 1.27. The SMILES string of the molecule is COc1ccc(C2=NN(C(=O)CSc3nnc(CNC(=O)c4ccc(OC)c(OC)c4)n3-c3ccccc3)C(c3ccc(C)cc3)C2)cc1. The fourth-order valence-electron chi connectivity index (χ4n) is 5.52. The standard InChI is InChI=1S/C37H36N6O5S/c1-24-10-12-26(13-11-24)31-21-30(25-14-17-29(46-2)18-15-25)41-43(31)35(44)23-49-37-40-39-34(42(37)28-8-6-5-7-9-28)22-38-36(45)27-16-19-32(47-3)33(20-27)48-4/h5-20,31H,21-23H2,1-4H3,(H,38,45). The molecule has 2 amide bonds. The molecule has 1 N–H and O–H groups in total. The monoisotopic (exact) mass is 676 g/mol. The lowest BCUT2D eigenvalue weighted by Crippen LogP contribution is -2.28. The van der Waals surface area contributed by atoms with E-state index in [9.17, 15) is 9.59 Å². The maximum absolute atomic E-state index is 13.9. The first-order chi connectivity index (χ1) is 23.9. The molecule has 0 saturated carbocycles. The molecule has 49 heavy (non-hydrogen) atoms. The third kappa shape index (κ3) is 7.44. The molecule has 1 unspecified atom stereocenters. The van der Waals surface area contributed by atoms with Crippen LogP contribution in [0.1, 0.15) is 45.3 Å². The van der Waals surface area contributed by atoms with Crippen molar-refractivity contribution in [3.05, 3.63) is 125 Å². The number of carbonyl (C=O) groups is 2. The van der Waals surface area contributed by atoms with Crippen molar-refractivity contribution in [2.24, 2.45) is 5.10 Å². The maximum atomic E-state index is 13.9. The highest BCUT2D eigenvalue weighted by Gasteiger charge is 2.33. The highest BCUT2D eigenvalue weighted by atomic mass is 32.2. The minimum absolute atomic E-state index is 0.0741. The average Bonchev–Trinajstić information content (AvgIpc) is 3.78. The van der Waals surface area contributed by atoms with Crippen LogP contribution in [0.15, 0.2) is 107 Å². The Balaban J connectivity index is 1.22. The molecule has 11 nitrogen and oxygen atoms in total. The summed E-state index contributed by atoms with van der Waals surface area (Å²) in [5.74, 6) is 1.84. The van der Waals surface area contributed by atoms with Gasteiger partial charge in [-0.1, -0.05) is 59.8 Å². The van der Waals surface area contributed by atoms with E-state index in [4.69, 9.17) is 19.3 Å². The molecule has 0 bridgehead atoms. The van der Waals surface area contributed by atoms with Crippen LogP contribution in [0.4, 0.5) is 0 Å². The number of hydrogen-bond acceptors (Lipinski definition) is 9. The van der Waals surface area contributed by atoms with Crippen LogP contribution in [0, 0.1) is 6.92 Å². The van der Waals surface area contributed by atoms with Crippen molar-refractivity contribution >= 4 is 29.3 Å². The summed E-state index contributed by atoms with van der Waals surface area (Å²) < 4.78 is 17.8. The normalized spacial score (nSPS) is 13.9. The number of hydrazone groups is 1. The number of thioether (sulfide) groups is 1. The molecule has 1 aliphatic rings. The fraction of sp³-hybridized carbons (Fsp3) is 0.216. The predicted octanol–water partition coefficient (Wildman–Crippen LogP) is 6.00. The number of aryl methyl sites for hydroxylation is 1. The number of methoxy groups -OCH3 is 3. The molecular weight excluding hydrogens is 641 g/mol. The van der Waals surface area contributed by atoms with Crippen molar-refractivity contribution in [3.63, 3.8) is 0 Å². The number of nitrogens with one attached hydrogen (secondary N) is 1. The molecule has 5 aromatic rings. The largest absolute Gasteiger partial charge is 0.497 e. The van der Waals surface area contributed by atoms with Gasteiger partial charge in [-0.15, -0.1) is 10.2 Å². The number of rotatable bonds is 12. The molecule has 0 saturated heterocycles. The zero-order valence-corrected chi connectivity index (χ0v) is 28.4. The van der Waals surface area contributed by atoms with Crippen molar-refractivity contribution in [3.8, 4) is 22.9 Å². The van der Waals surface area contributed by atoms with Gasteiger partial charge >= 0.3 is 0 Å². The van der Waals surface area contributed by atoms with Gasteiger partial charge in [0.15, 0.2) is 22.5 Å². The van der Waals surface area contributed by atoms with Crippen LogP contribution in [0.5, 0.6) is 17.2 Å². The highest BCUT2D eigenvalue weighted by Crippen LogP contribution is 2.35. The van der Waals surface area contributed by atoms with Gasteiger partial charge in [0, 0.05) is 17.7 Å². The second-order valence-corrected chi connectivity index (χ2v) is 12.2. The Morgan fingerprint density at radius 2 is 1.59 bits per heavy atom. The van der Waals surface area contributed by atoms with Gasteiger partial charge in [-0.3, -0.25) is 14.2 Å². The van der Waals surface area contributed by atoms with Gasteiger partial charge in [0.1, 0.15) is 5.75 Å². The van der Waals surface area contributed by atoms with Gasteiger partial charge < -0.3 is 19.5 Å². The van der Waals surface area contributed by atoms with E-state index in [0.717, 1.165) is 33.8 Å². The summed E-state index contributed by atoms with van der Waals surface area (Å²) in [7, 11) is 4.69. The Labute approximate surface area is 288 Å². The summed E-state index contributed by atoms with van der Waals surface area (Å²) in [5.41, 5.74) is 5.12. The second kappa shape index (κ2) is 15.1. The van der Waals surface area contributed by atoms with E-state index in [2.05, 4.69) is 27.6 Å². The van der Waals surface area contributed by atoms with Gasteiger partial charge in [-0.2, -0.15) is 5.10 Å². The first kappa shape index (κ1) is 33.3. The lowest BCUT2D eigenvalue weighted by molar-refractivity contribution is -0.130. The van der Waals surface area contributed by atoms with Crippen molar-refractivity contribution in [2.75, 3.05) is 27.1 Å². The number of benzene rings is 4. The minimum Gasteiger partial charge on any atom is -0.497 e. The maximum Gasteiger partial charge on any atom is 0.253 e. The van der Waals surface area contributed by atoms with E-state index < -0.39 is 0 Å². The number of hydrogen-bond donors (Lipinski definition) is 1. The van der Waals surface area contributed by atoms with Crippen molar-refractivity contribution in [2.45, 2.75) is 31.1 Å². The molecule has 6 rings (SSSR count). The molecule has 1 atom stereocenters. The third-order valence-electron chi connectivity index (χ3n) is 8.14. The van der Waals surface area contributed by atoms with E-state index in [-0.39, 0.29) is 30.2 Å². The summed E-state index contributed by atoms with van der Waals surface area (Å²) in [6, 6.07) is 30.2. The van der Waals surface area contributed by atoms with Crippen molar-refractivity contribution < 1.29 is 23.8 Å². The number of ether oxygens (including phenoxy) is 3. The second-order valence-electron chi connectivity index (χ2n) is 11.3. The average molecular weight is 677 g/mol. The smallest absolute Gasteiger partial charge is 0.253 e. The van der Waals surface area contributed by atoms with Crippen LogP contribution in [0.3, 0.4) is 0 Å². The predicted molar refractivity (Wildman–Crippen MR) is 188 cm³/mol. The Morgan fingerprint density at radius 3 is 2.29 bits per heavy atom. The molecular formula is C37H36N6O5S. The summed E-state index contributed by atoms with van der Waals surface area (Å²) in [5, 5.41) is 18.7. The number of nitrogens with zero attached hydrogens (tertiary/aromatic N) is 5. The summed E-state index contributed by atoms with van der Waals surface area (Å²) in [6.45, 7) is 2.14. The first-order valence-corrected chi connectivity index (χ1v) is 16.6. The lowest BCUT2D eigenvalue weighted by Gasteiger charge is -2.22. The Kier molecular flexibility index (Phi) is 10.2. The van der Waals surface area contributed by atoms with Crippen molar-refractivity contribution in [1.29, 1.82) is 0 Å². The molecule has 0 aliphatic carbocycles. The number of aromatic nitrogens is 3. The molecule has 0 spiro atoms. The summed E-state index contributed by atoms with van der Waals surface area (Å²) in [6.07, 6.45) is 0.579. The Bertz CT molecular complexity index is 1960.